The minimum absolute atomic E-state index is 0.162. The number of anilines is 2. The van der Waals surface area contributed by atoms with Crippen LogP contribution in [0.2, 0.25) is 0 Å². The summed E-state index contributed by atoms with van der Waals surface area (Å²) < 4.78 is 7.35. The number of imidazole rings is 1. The minimum Gasteiger partial charge on any atom is -0.468 e. The van der Waals surface area contributed by atoms with E-state index >= 15 is 0 Å². The van der Waals surface area contributed by atoms with Gasteiger partial charge >= 0.3 is 0 Å². The maximum absolute atomic E-state index is 5.92. The van der Waals surface area contributed by atoms with Crippen LogP contribution in [-0.4, -0.2) is 51.2 Å². The number of nitrogen functional groups attached to an aromatic ring is 2. The van der Waals surface area contributed by atoms with Gasteiger partial charge in [0.25, 0.3) is 6.01 Å². The molecule has 0 saturated carbocycles. The van der Waals surface area contributed by atoms with Gasteiger partial charge in [-0.25, -0.2) is 0 Å². The Kier molecular flexibility index (Phi) is 6.71. The Hall–Kier alpha value is -2.09. The average molecular weight is 376 g/mol. The zero-order chi connectivity index (χ0) is 19.2. The van der Waals surface area contributed by atoms with Crippen molar-refractivity contribution < 1.29 is 4.74 Å². The summed E-state index contributed by atoms with van der Waals surface area (Å²) in [6.07, 6.45) is 8.95. The minimum atomic E-state index is 0.162. The van der Waals surface area contributed by atoms with Crippen LogP contribution in [0, 0.1) is 5.92 Å². The molecule has 0 bridgehead atoms. The number of rotatable bonds is 9. The van der Waals surface area contributed by atoms with E-state index in [1.54, 1.807) is 7.11 Å². The molecule has 1 aliphatic heterocycles. The van der Waals surface area contributed by atoms with Crippen LogP contribution in [0.1, 0.15) is 51.9 Å². The van der Waals surface area contributed by atoms with Crippen molar-refractivity contribution in [1.82, 2.24) is 24.4 Å². The number of hydrogen-bond acceptors (Lipinski definition) is 7. The van der Waals surface area contributed by atoms with E-state index in [0.717, 1.165) is 31.8 Å². The van der Waals surface area contributed by atoms with Crippen LogP contribution in [-0.2, 0) is 6.54 Å². The van der Waals surface area contributed by atoms with E-state index in [1.165, 1.54) is 45.2 Å². The van der Waals surface area contributed by atoms with Crippen LogP contribution in [0.15, 0.2) is 0 Å². The zero-order valence-electron chi connectivity index (χ0n) is 16.7. The predicted octanol–water partition coefficient (Wildman–Crippen LogP) is 2.68. The lowest BCUT2D eigenvalue weighted by Crippen LogP contribution is -2.36. The summed E-state index contributed by atoms with van der Waals surface area (Å²) in [5.41, 5.74) is 12.9. The van der Waals surface area contributed by atoms with Gasteiger partial charge in [0.15, 0.2) is 17.0 Å². The largest absolute Gasteiger partial charge is 0.468 e. The Morgan fingerprint density at radius 1 is 1.11 bits per heavy atom. The Morgan fingerprint density at radius 2 is 1.93 bits per heavy atom. The molecule has 150 valence electrons. The lowest BCUT2D eigenvalue weighted by molar-refractivity contribution is 0.164. The highest BCUT2D eigenvalue weighted by Crippen LogP contribution is 2.25. The molecule has 8 heteroatoms. The van der Waals surface area contributed by atoms with Gasteiger partial charge in [0.2, 0.25) is 5.95 Å². The molecule has 27 heavy (non-hydrogen) atoms. The highest BCUT2D eigenvalue weighted by atomic mass is 16.5. The van der Waals surface area contributed by atoms with E-state index in [0.29, 0.717) is 23.0 Å². The summed E-state index contributed by atoms with van der Waals surface area (Å²) in [6.45, 7) is 6.71. The molecule has 1 aliphatic rings. The van der Waals surface area contributed by atoms with Crippen molar-refractivity contribution >= 4 is 22.9 Å². The summed E-state index contributed by atoms with van der Waals surface area (Å²) in [6, 6.07) is 0.509. The quantitative estimate of drug-likeness (QED) is 0.649. The maximum Gasteiger partial charge on any atom is 0.298 e. The van der Waals surface area contributed by atoms with E-state index in [4.69, 9.17) is 16.2 Å². The Bertz CT molecular complexity index is 745. The van der Waals surface area contributed by atoms with Crippen LogP contribution in [0.25, 0.3) is 11.2 Å². The molecule has 0 aromatic carbocycles. The highest BCUT2D eigenvalue weighted by Gasteiger charge is 2.19. The van der Waals surface area contributed by atoms with Crippen LogP contribution in [0.4, 0.5) is 11.8 Å². The second kappa shape index (κ2) is 9.21. The maximum atomic E-state index is 5.92. The molecular formula is C19H33N7O. The van der Waals surface area contributed by atoms with Crippen molar-refractivity contribution in [2.75, 3.05) is 38.2 Å². The molecule has 0 aliphatic carbocycles. The Morgan fingerprint density at radius 3 is 2.70 bits per heavy atom. The Balaban J connectivity index is 1.55. The average Bonchev–Trinajstić information content (AvgIpc) is 3.02. The van der Waals surface area contributed by atoms with Crippen molar-refractivity contribution in [1.29, 1.82) is 0 Å². The summed E-state index contributed by atoms with van der Waals surface area (Å²) in [5, 5.41) is 0. The molecule has 3 rings (SSSR count). The molecule has 0 amide bonds. The molecule has 2 aromatic heterocycles. The number of piperidine rings is 1. The molecule has 4 N–H and O–H groups in total. The molecular weight excluding hydrogens is 342 g/mol. The molecule has 1 fully saturated rings. The highest BCUT2D eigenvalue weighted by molar-refractivity contribution is 5.83. The van der Waals surface area contributed by atoms with Gasteiger partial charge in [0.05, 0.1) is 7.11 Å². The molecule has 2 aromatic rings. The van der Waals surface area contributed by atoms with E-state index in [9.17, 15) is 0 Å². The first kappa shape index (κ1) is 19.7. The standard InChI is InChI=1S/C19H33N7O/c1-3-4-8-14-9-7-11-25(13-14)10-5-6-12-26-17-15(22-19(26)27-2)16(20)23-18(21)24-17/h14H,3-13H2,1-2H3,(H4,20,21,23,24). The number of methoxy groups -OCH3 is 1. The third kappa shape index (κ3) is 4.80. The first-order chi connectivity index (χ1) is 13.1. The fourth-order valence-electron chi connectivity index (χ4n) is 4.06. The fourth-order valence-corrected chi connectivity index (χ4v) is 4.06. The SMILES string of the molecule is CCCCC1CCCN(CCCCn2c(OC)nc3c(N)nc(N)nc32)C1. The summed E-state index contributed by atoms with van der Waals surface area (Å²) in [5.74, 6) is 1.34. The zero-order valence-corrected chi connectivity index (χ0v) is 16.7. The van der Waals surface area contributed by atoms with Crippen molar-refractivity contribution in [2.45, 2.75) is 58.4 Å². The second-order valence-electron chi connectivity index (χ2n) is 7.55. The number of hydrogen-bond donors (Lipinski definition) is 2. The molecule has 1 saturated heterocycles. The van der Waals surface area contributed by atoms with E-state index in [1.807, 2.05) is 4.57 Å². The van der Waals surface area contributed by atoms with Crippen LogP contribution >= 0.6 is 0 Å². The lowest BCUT2D eigenvalue weighted by atomic mass is 9.93. The first-order valence-corrected chi connectivity index (χ1v) is 10.2. The number of aromatic nitrogens is 4. The van der Waals surface area contributed by atoms with Gasteiger partial charge in [-0.2, -0.15) is 15.0 Å². The summed E-state index contributed by atoms with van der Waals surface area (Å²) in [4.78, 5) is 15.3. The smallest absolute Gasteiger partial charge is 0.298 e. The van der Waals surface area contributed by atoms with E-state index in [-0.39, 0.29) is 5.95 Å². The first-order valence-electron chi connectivity index (χ1n) is 10.2. The van der Waals surface area contributed by atoms with Gasteiger partial charge in [-0.1, -0.05) is 19.8 Å². The number of nitrogens with two attached hydrogens (primary N) is 2. The van der Waals surface area contributed by atoms with Gasteiger partial charge in [0.1, 0.15) is 0 Å². The number of nitrogens with zero attached hydrogens (tertiary/aromatic N) is 5. The van der Waals surface area contributed by atoms with E-state index < -0.39 is 0 Å². The topological polar surface area (TPSA) is 108 Å². The van der Waals surface area contributed by atoms with Gasteiger partial charge in [-0.05, 0) is 51.1 Å². The van der Waals surface area contributed by atoms with Crippen molar-refractivity contribution in [3.63, 3.8) is 0 Å². The van der Waals surface area contributed by atoms with Gasteiger partial charge in [-0.3, -0.25) is 4.57 Å². The van der Waals surface area contributed by atoms with Crippen molar-refractivity contribution in [3.8, 4) is 6.01 Å². The number of fused-ring (bicyclic) bond motifs is 1. The molecule has 1 unspecified atom stereocenters. The lowest BCUT2D eigenvalue weighted by Gasteiger charge is -2.32. The van der Waals surface area contributed by atoms with Gasteiger partial charge < -0.3 is 21.1 Å². The molecule has 3 heterocycles. The van der Waals surface area contributed by atoms with Gasteiger partial charge in [0, 0.05) is 13.1 Å². The number of aryl methyl sites for hydroxylation is 1. The predicted molar refractivity (Wildman–Crippen MR) is 109 cm³/mol. The third-order valence-electron chi connectivity index (χ3n) is 5.46. The molecule has 1 atom stereocenters. The fraction of sp³-hybridized carbons (Fsp3) is 0.737. The monoisotopic (exact) mass is 375 g/mol. The number of ether oxygens (including phenoxy) is 1. The number of unbranched alkanes of at least 4 members (excludes halogenated alkanes) is 2. The van der Waals surface area contributed by atoms with Crippen LogP contribution in [0.3, 0.4) is 0 Å². The number of likely N-dealkylation sites (tertiary alicyclic amines) is 1. The normalized spacial score (nSPS) is 18.2. The summed E-state index contributed by atoms with van der Waals surface area (Å²) >= 11 is 0. The third-order valence-corrected chi connectivity index (χ3v) is 5.46. The van der Waals surface area contributed by atoms with Crippen LogP contribution < -0.4 is 16.2 Å². The summed E-state index contributed by atoms with van der Waals surface area (Å²) in [7, 11) is 1.61. The van der Waals surface area contributed by atoms with Crippen LogP contribution in [0.5, 0.6) is 6.01 Å². The van der Waals surface area contributed by atoms with Crippen molar-refractivity contribution in [2.24, 2.45) is 5.92 Å². The second-order valence-corrected chi connectivity index (χ2v) is 7.55. The Labute approximate surface area is 161 Å². The molecule has 0 radical (unpaired) electrons. The van der Waals surface area contributed by atoms with E-state index in [2.05, 4.69) is 26.8 Å². The molecule has 0 spiro atoms. The van der Waals surface area contributed by atoms with Gasteiger partial charge in [-0.15, -0.1) is 0 Å². The molecule has 8 nitrogen and oxygen atoms in total. The van der Waals surface area contributed by atoms with Crippen molar-refractivity contribution in [3.05, 3.63) is 0 Å².